The molecular weight excluding hydrogens is 444 g/mol. The van der Waals surface area contributed by atoms with Gasteiger partial charge in [0.1, 0.15) is 5.82 Å². The molecule has 1 heterocycles. The van der Waals surface area contributed by atoms with Crippen LogP contribution in [0.15, 0.2) is 60.7 Å². The minimum Gasteiger partial charge on any atom is -0.481 e. The quantitative estimate of drug-likeness (QED) is 0.364. The van der Waals surface area contributed by atoms with Crippen molar-refractivity contribution in [1.82, 2.24) is 15.1 Å². The summed E-state index contributed by atoms with van der Waals surface area (Å²) in [6.07, 6.45) is -0.254. The first-order chi connectivity index (χ1) is 16.4. The normalized spacial score (nSPS) is 14.1. The molecule has 35 heavy (non-hydrogen) atoms. The van der Waals surface area contributed by atoms with Gasteiger partial charge in [-0.25, -0.2) is 4.68 Å². The van der Waals surface area contributed by atoms with Gasteiger partial charge in [-0.1, -0.05) is 63.2 Å². The molecular formula is C27H34N4O4. The van der Waals surface area contributed by atoms with Crippen LogP contribution in [0.1, 0.15) is 61.8 Å². The first-order valence-electron chi connectivity index (χ1n) is 11.6. The Morgan fingerprint density at radius 3 is 2.26 bits per heavy atom. The Balaban J connectivity index is 1.92. The number of para-hydroxylation sites is 1. The van der Waals surface area contributed by atoms with Gasteiger partial charge in [0.15, 0.2) is 5.69 Å². The number of carboxylic acid groups (broad SMARTS) is 1. The van der Waals surface area contributed by atoms with Gasteiger partial charge in [0.2, 0.25) is 0 Å². The van der Waals surface area contributed by atoms with Gasteiger partial charge in [0.25, 0.3) is 5.91 Å². The Morgan fingerprint density at radius 1 is 1.03 bits per heavy atom. The number of benzene rings is 2. The average molecular weight is 479 g/mol. The number of aliphatic hydroxyl groups is 1. The van der Waals surface area contributed by atoms with Crippen LogP contribution in [0, 0.1) is 12.3 Å². The monoisotopic (exact) mass is 478 g/mol. The van der Waals surface area contributed by atoms with Crippen molar-refractivity contribution in [1.29, 1.82) is 0 Å². The van der Waals surface area contributed by atoms with Crippen molar-refractivity contribution in [3.63, 3.8) is 0 Å². The number of carbonyl (C=O) groups is 2. The molecule has 1 unspecified atom stereocenters. The van der Waals surface area contributed by atoms with Crippen molar-refractivity contribution in [2.24, 2.45) is 5.41 Å². The predicted molar refractivity (Wildman–Crippen MR) is 136 cm³/mol. The predicted octanol–water partition coefficient (Wildman–Crippen LogP) is 4.34. The highest BCUT2D eigenvalue weighted by atomic mass is 16.4. The Bertz CT molecular complexity index is 1180. The van der Waals surface area contributed by atoms with Gasteiger partial charge in [-0.15, -0.1) is 0 Å². The van der Waals surface area contributed by atoms with Crippen LogP contribution in [0.3, 0.4) is 0 Å². The lowest BCUT2D eigenvalue weighted by molar-refractivity contribution is -0.137. The molecule has 186 valence electrons. The number of rotatable bonds is 9. The molecule has 2 aromatic carbocycles. The van der Waals surface area contributed by atoms with Crippen molar-refractivity contribution in [2.45, 2.75) is 52.7 Å². The van der Waals surface area contributed by atoms with Crippen LogP contribution in [-0.4, -0.2) is 44.0 Å². The second-order valence-electron chi connectivity index (χ2n) is 10.0. The zero-order valence-electron chi connectivity index (χ0n) is 20.9. The fourth-order valence-corrected chi connectivity index (χ4v) is 3.54. The molecule has 0 bridgehead atoms. The van der Waals surface area contributed by atoms with Gasteiger partial charge >= 0.3 is 5.97 Å². The summed E-state index contributed by atoms with van der Waals surface area (Å²) >= 11 is 0. The minimum atomic E-state index is -1.03. The number of amides is 1. The lowest BCUT2D eigenvalue weighted by Gasteiger charge is -2.37. The van der Waals surface area contributed by atoms with Gasteiger partial charge in [-0.05, 0) is 42.5 Å². The number of aliphatic carboxylic acids is 1. The molecule has 0 radical (unpaired) electrons. The highest BCUT2D eigenvalue weighted by Gasteiger charge is 2.35. The third-order valence-corrected chi connectivity index (χ3v) is 6.42. The summed E-state index contributed by atoms with van der Waals surface area (Å²) in [7, 11) is 0. The maximum Gasteiger partial charge on any atom is 0.305 e. The molecule has 1 amide bonds. The molecule has 0 spiro atoms. The SMILES string of the molecule is Cc1ccccc1C(CC(=O)O)NC(=O)c1cc(NC[C@@](C)(O)C(C)(C)C)n(-c2ccccc2)n1. The van der Waals surface area contributed by atoms with E-state index in [1.807, 2.05) is 82.3 Å². The molecule has 0 aliphatic rings. The molecule has 3 aromatic rings. The van der Waals surface area contributed by atoms with Gasteiger partial charge in [0.05, 0.1) is 23.8 Å². The third kappa shape index (κ3) is 6.27. The third-order valence-electron chi connectivity index (χ3n) is 6.42. The van der Waals surface area contributed by atoms with Crippen LogP contribution < -0.4 is 10.6 Å². The summed E-state index contributed by atoms with van der Waals surface area (Å²) in [4.78, 5) is 24.7. The topological polar surface area (TPSA) is 116 Å². The standard InChI is InChI=1S/C27H34N4O4/c1-18-11-9-10-14-20(18)21(16-24(32)33)29-25(34)22-15-23(28-17-27(5,35)26(2,3)4)31(30-22)19-12-7-6-8-13-19/h6-15,21,28,35H,16-17H2,1-5H3,(H,29,34)(H,32,33)/t21?,27-/m1/s1. The van der Waals surface area contributed by atoms with E-state index in [0.29, 0.717) is 5.82 Å². The fraction of sp³-hybridized carbons (Fsp3) is 0.370. The summed E-state index contributed by atoms with van der Waals surface area (Å²) in [6.45, 7) is 9.74. The van der Waals surface area contributed by atoms with E-state index in [2.05, 4.69) is 15.7 Å². The van der Waals surface area contributed by atoms with E-state index in [-0.39, 0.29) is 24.1 Å². The number of anilines is 1. The summed E-state index contributed by atoms with van der Waals surface area (Å²) in [6, 6.07) is 17.6. The number of aromatic nitrogens is 2. The van der Waals surface area contributed by atoms with E-state index in [1.165, 1.54) is 0 Å². The first-order valence-corrected chi connectivity index (χ1v) is 11.6. The van der Waals surface area contributed by atoms with E-state index < -0.39 is 23.5 Å². The zero-order chi connectivity index (χ0) is 25.8. The van der Waals surface area contributed by atoms with Crippen LogP contribution in [0.5, 0.6) is 0 Å². The maximum atomic E-state index is 13.2. The molecule has 0 aliphatic carbocycles. The van der Waals surface area contributed by atoms with Gasteiger partial charge in [-0.3, -0.25) is 9.59 Å². The Kier molecular flexibility index (Phi) is 7.65. The molecule has 0 aliphatic heterocycles. The lowest BCUT2D eigenvalue weighted by atomic mass is 9.78. The van der Waals surface area contributed by atoms with Crippen LogP contribution in [0.25, 0.3) is 5.69 Å². The maximum absolute atomic E-state index is 13.2. The van der Waals surface area contributed by atoms with Crippen molar-refractivity contribution in [2.75, 3.05) is 11.9 Å². The molecule has 8 nitrogen and oxygen atoms in total. The van der Waals surface area contributed by atoms with Crippen molar-refractivity contribution < 1.29 is 19.8 Å². The zero-order valence-corrected chi connectivity index (χ0v) is 20.9. The lowest BCUT2D eigenvalue weighted by Crippen LogP contribution is -2.45. The highest BCUT2D eigenvalue weighted by molar-refractivity contribution is 5.93. The fourth-order valence-electron chi connectivity index (χ4n) is 3.54. The Hall–Kier alpha value is -3.65. The first kappa shape index (κ1) is 26.0. The van der Waals surface area contributed by atoms with E-state index in [9.17, 15) is 19.8 Å². The Labute approximate surface area is 206 Å². The van der Waals surface area contributed by atoms with Crippen molar-refractivity contribution >= 4 is 17.7 Å². The molecule has 0 saturated carbocycles. The molecule has 0 fully saturated rings. The number of hydrogen-bond donors (Lipinski definition) is 4. The van der Waals surface area contributed by atoms with Gasteiger partial charge < -0.3 is 20.8 Å². The number of aryl methyl sites for hydroxylation is 1. The second kappa shape index (κ2) is 10.3. The number of hydrogen-bond acceptors (Lipinski definition) is 5. The summed E-state index contributed by atoms with van der Waals surface area (Å²) in [5.74, 6) is -0.962. The van der Waals surface area contributed by atoms with E-state index >= 15 is 0 Å². The molecule has 3 rings (SSSR count). The average Bonchev–Trinajstić information content (AvgIpc) is 3.22. The highest BCUT2D eigenvalue weighted by Crippen LogP contribution is 2.30. The van der Waals surface area contributed by atoms with E-state index in [1.54, 1.807) is 17.7 Å². The number of nitrogens with zero attached hydrogens (tertiary/aromatic N) is 2. The van der Waals surface area contributed by atoms with Crippen LogP contribution in [0.4, 0.5) is 5.82 Å². The van der Waals surface area contributed by atoms with Crippen LogP contribution in [0.2, 0.25) is 0 Å². The largest absolute Gasteiger partial charge is 0.481 e. The Morgan fingerprint density at radius 2 is 1.66 bits per heavy atom. The smallest absolute Gasteiger partial charge is 0.305 e. The number of nitrogens with one attached hydrogen (secondary N) is 2. The number of carbonyl (C=O) groups excluding carboxylic acids is 1. The molecule has 4 N–H and O–H groups in total. The number of carboxylic acids is 1. The summed E-state index contributed by atoms with van der Waals surface area (Å²) < 4.78 is 1.60. The minimum absolute atomic E-state index is 0.135. The summed E-state index contributed by atoms with van der Waals surface area (Å²) in [5.41, 5.74) is 1.10. The van der Waals surface area contributed by atoms with Crippen LogP contribution in [-0.2, 0) is 4.79 Å². The molecule has 1 aromatic heterocycles. The van der Waals surface area contributed by atoms with Crippen molar-refractivity contribution in [3.8, 4) is 5.69 Å². The van der Waals surface area contributed by atoms with E-state index in [4.69, 9.17) is 0 Å². The van der Waals surface area contributed by atoms with Gasteiger partial charge in [0, 0.05) is 12.6 Å². The molecule has 8 heteroatoms. The second-order valence-corrected chi connectivity index (χ2v) is 10.0. The van der Waals surface area contributed by atoms with Crippen molar-refractivity contribution in [3.05, 3.63) is 77.5 Å². The summed E-state index contributed by atoms with van der Waals surface area (Å²) in [5, 5.41) is 30.9. The van der Waals surface area contributed by atoms with Gasteiger partial charge in [-0.2, -0.15) is 5.10 Å². The molecule has 0 saturated heterocycles. The van der Waals surface area contributed by atoms with Crippen LogP contribution >= 0.6 is 0 Å². The van der Waals surface area contributed by atoms with E-state index in [0.717, 1.165) is 16.8 Å². The molecule has 2 atom stereocenters.